The number of allylic oxidation sites excluding steroid dienone is 1. The van der Waals surface area contributed by atoms with E-state index < -0.39 is 0 Å². The van der Waals surface area contributed by atoms with E-state index in [2.05, 4.69) is 0 Å². The van der Waals surface area contributed by atoms with Crippen LogP contribution >= 0.6 is 0 Å². The largest absolute Gasteiger partial charge is 0.383 e. The van der Waals surface area contributed by atoms with Gasteiger partial charge in [-0.3, -0.25) is 4.79 Å². The highest BCUT2D eigenvalue weighted by Crippen LogP contribution is 2.15. The fourth-order valence-electron chi connectivity index (χ4n) is 1.67. The van der Waals surface area contributed by atoms with Gasteiger partial charge in [-0.1, -0.05) is 18.2 Å². The van der Waals surface area contributed by atoms with E-state index in [1.165, 1.54) is 6.08 Å². The first-order chi connectivity index (χ1) is 9.43. The Balaban J connectivity index is 3.01. The Bertz CT molecular complexity index is 553. The van der Waals surface area contributed by atoms with Gasteiger partial charge in [0.1, 0.15) is 5.94 Å². The monoisotopic (exact) mass is 272 g/mol. The van der Waals surface area contributed by atoms with Gasteiger partial charge in [-0.2, -0.15) is 0 Å². The molecule has 0 fully saturated rings. The van der Waals surface area contributed by atoms with Gasteiger partial charge >= 0.3 is 0 Å². The van der Waals surface area contributed by atoms with Crippen LogP contribution in [0.3, 0.4) is 0 Å². The van der Waals surface area contributed by atoms with Gasteiger partial charge in [0.2, 0.25) is 0 Å². The second kappa shape index (κ2) is 7.43. The summed E-state index contributed by atoms with van der Waals surface area (Å²) in [6.45, 7) is 0.495. The predicted molar refractivity (Wildman–Crippen MR) is 81.3 cm³/mol. The SMILES string of the molecule is CN(C)C=CC(=O)c1cccc(C(=C=O)CN(C)C)c1. The fourth-order valence-corrected chi connectivity index (χ4v) is 1.67. The van der Waals surface area contributed by atoms with Gasteiger partial charge in [0.15, 0.2) is 5.78 Å². The molecule has 1 rings (SSSR count). The zero-order chi connectivity index (χ0) is 15.1. The van der Waals surface area contributed by atoms with Crippen LogP contribution in [0.25, 0.3) is 5.57 Å². The third-order valence-electron chi connectivity index (χ3n) is 2.62. The van der Waals surface area contributed by atoms with Gasteiger partial charge in [-0.15, -0.1) is 0 Å². The van der Waals surface area contributed by atoms with Gasteiger partial charge < -0.3 is 9.80 Å². The summed E-state index contributed by atoms with van der Waals surface area (Å²) in [5.74, 6) is 1.87. The minimum Gasteiger partial charge on any atom is -0.383 e. The van der Waals surface area contributed by atoms with E-state index in [1.807, 2.05) is 45.1 Å². The summed E-state index contributed by atoms with van der Waals surface area (Å²) in [4.78, 5) is 26.7. The van der Waals surface area contributed by atoms with Crippen molar-refractivity contribution in [3.8, 4) is 0 Å². The lowest BCUT2D eigenvalue weighted by Gasteiger charge is -2.11. The molecule has 0 aliphatic heterocycles. The average Bonchev–Trinajstić information content (AvgIpc) is 2.42. The fraction of sp³-hybridized carbons (Fsp3) is 0.312. The zero-order valence-electron chi connectivity index (χ0n) is 12.4. The number of hydrogen-bond acceptors (Lipinski definition) is 4. The molecular formula is C16H20N2O2. The van der Waals surface area contributed by atoms with E-state index >= 15 is 0 Å². The van der Waals surface area contributed by atoms with Gasteiger partial charge in [0, 0.05) is 38.5 Å². The molecule has 0 radical (unpaired) electrons. The molecule has 0 saturated heterocycles. The Hall–Kier alpha value is -2.16. The maximum Gasteiger partial charge on any atom is 0.187 e. The van der Waals surface area contributed by atoms with E-state index in [1.54, 1.807) is 29.3 Å². The molecule has 4 heteroatoms. The van der Waals surface area contributed by atoms with Crippen molar-refractivity contribution in [3.63, 3.8) is 0 Å². The highest BCUT2D eigenvalue weighted by molar-refractivity contribution is 6.05. The molecule has 0 aliphatic carbocycles. The number of hydrogen-bond donors (Lipinski definition) is 0. The molecule has 106 valence electrons. The van der Waals surface area contributed by atoms with Gasteiger partial charge in [-0.05, 0) is 25.7 Å². The molecule has 1 aromatic rings. The summed E-state index contributed by atoms with van der Waals surface area (Å²) >= 11 is 0. The second-order valence-electron chi connectivity index (χ2n) is 5.04. The Morgan fingerprint density at radius 3 is 2.40 bits per heavy atom. The van der Waals surface area contributed by atoms with Crippen LogP contribution in [-0.2, 0) is 4.79 Å². The van der Waals surface area contributed by atoms with Crippen LogP contribution in [0.1, 0.15) is 15.9 Å². The normalized spacial score (nSPS) is 10.7. The third kappa shape index (κ3) is 4.84. The average molecular weight is 272 g/mol. The van der Waals surface area contributed by atoms with E-state index in [0.29, 0.717) is 17.7 Å². The van der Waals surface area contributed by atoms with Gasteiger partial charge in [-0.25, -0.2) is 4.79 Å². The Kier molecular flexibility index (Phi) is 5.91. The molecule has 0 aromatic heterocycles. The van der Waals surface area contributed by atoms with Gasteiger partial charge in [0.05, 0.1) is 5.57 Å². The Labute approximate surface area is 120 Å². The second-order valence-corrected chi connectivity index (χ2v) is 5.04. The number of benzene rings is 1. The van der Waals surface area contributed by atoms with Gasteiger partial charge in [0.25, 0.3) is 0 Å². The lowest BCUT2D eigenvalue weighted by molar-refractivity contribution is 0.104. The summed E-state index contributed by atoms with van der Waals surface area (Å²) < 4.78 is 0. The van der Waals surface area contributed by atoms with E-state index in [9.17, 15) is 9.59 Å². The predicted octanol–water partition coefficient (Wildman–Crippen LogP) is 1.72. The highest BCUT2D eigenvalue weighted by Gasteiger charge is 2.08. The van der Waals surface area contributed by atoms with Crippen molar-refractivity contribution in [2.24, 2.45) is 0 Å². The quantitative estimate of drug-likeness (QED) is 0.449. The van der Waals surface area contributed by atoms with Crippen LogP contribution in [0.15, 0.2) is 36.5 Å². The molecule has 0 N–H and O–H groups in total. The number of rotatable bonds is 6. The molecular weight excluding hydrogens is 252 g/mol. The summed E-state index contributed by atoms with van der Waals surface area (Å²) in [5.41, 5.74) is 1.84. The molecule has 1 aromatic carbocycles. The molecule has 20 heavy (non-hydrogen) atoms. The lowest BCUT2D eigenvalue weighted by Crippen LogP contribution is -2.15. The smallest absolute Gasteiger partial charge is 0.187 e. The van der Waals surface area contributed by atoms with Crippen molar-refractivity contribution >= 4 is 17.3 Å². The van der Waals surface area contributed by atoms with Crippen LogP contribution < -0.4 is 0 Å². The maximum absolute atomic E-state index is 12.0. The molecule has 4 nitrogen and oxygen atoms in total. The van der Waals surface area contributed by atoms with Crippen LogP contribution in [0, 0.1) is 0 Å². The third-order valence-corrected chi connectivity index (χ3v) is 2.62. The summed E-state index contributed by atoms with van der Waals surface area (Å²) in [6, 6.07) is 7.06. The molecule has 0 aliphatic rings. The molecule has 0 bridgehead atoms. The van der Waals surface area contributed by atoms with Crippen molar-refractivity contribution in [3.05, 3.63) is 47.7 Å². The van der Waals surface area contributed by atoms with Crippen LogP contribution in [0.4, 0.5) is 0 Å². The first-order valence-electron chi connectivity index (χ1n) is 6.32. The van der Waals surface area contributed by atoms with Crippen LogP contribution in [0.5, 0.6) is 0 Å². The number of nitrogens with zero attached hydrogens (tertiary/aromatic N) is 2. The van der Waals surface area contributed by atoms with E-state index in [4.69, 9.17) is 0 Å². The lowest BCUT2D eigenvalue weighted by atomic mass is 10.0. The first kappa shape index (κ1) is 15.9. The molecule has 0 saturated carbocycles. The standard InChI is InChI=1S/C16H20N2O2/c1-17(2)9-8-16(20)14-7-5-6-13(10-14)15(12-19)11-18(3)4/h5-10H,11H2,1-4H3. The van der Waals surface area contributed by atoms with E-state index in [-0.39, 0.29) is 5.78 Å². The number of likely N-dealkylation sites (N-methyl/N-ethyl adjacent to an activating group) is 1. The van der Waals surface area contributed by atoms with Crippen molar-refractivity contribution in [2.75, 3.05) is 34.7 Å². The summed E-state index contributed by atoms with van der Waals surface area (Å²) in [7, 11) is 7.47. The van der Waals surface area contributed by atoms with Crippen molar-refractivity contribution < 1.29 is 9.59 Å². The Morgan fingerprint density at radius 1 is 1.20 bits per heavy atom. The van der Waals surface area contributed by atoms with Crippen molar-refractivity contribution in [2.45, 2.75) is 0 Å². The van der Waals surface area contributed by atoms with Crippen LogP contribution in [0.2, 0.25) is 0 Å². The van der Waals surface area contributed by atoms with Crippen molar-refractivity contribution in [1.82, 2.24) is 9.80 Å². The molecule has 0 spiro atoms. The Morgan fingerprint density at radius 2 is 1.85 bits per heavy atom. The summed E-state index contributed by atoms with van der Waals surface area (Å²) in [5, 5.41) is 0. The highest BCUT2D eigenvalue weighted by atomic mass is 16.1. The molecule has 0 atom stereocenters. The number of ketones is 1. The molecule has 0 amide bonds. The topological polar surface area (TPSA) is 40.6 Å². The molecule has 0 heterocycles. The number of carbonyl (C=O) groups excluding carboxylic acids is 2. The molecule has 0 unspecified atom stereocenters. The maximum atomic E-state index is 12.0. The minimum absolute atomic E-state index is 0.0874. The van der Waals surface area contributed by atoms with E-state index in [0.717, 1.165) is 5.56 Å². The minimum atomic E-state index is -0.0874. The summed E-state index contributed by atoms with van der Waals surface area (Å²) in [6.07, 6.45) is 3.21. The number of carbonyl (C=O) groups is 1. The zero-order valence-corrected chi connectivity index (χ0v) is 12.4. The first-order valence-corrected chi connectivity index (χ1v) is 6.32. The van der Waals surface area contributed by atoms with Crippen LogP contribution in [-0.4, -0.2) is 56.3 Å². The van der Waals surface area contributed by atoms with Crippen molar-refractivity contribution in [1.29, 1.82) is 0 Å².